The molecule has 0 saturated carbocycles. The summed E-state index contributed by atoms with van der Waals surface area (Å²) in [7, 11) is 0. The van der Waals surface area contributed by atoms with E-state index >= 15 is 0 Å². The molecule has 3 heterocycles. The lowest BCUT2D eigenvalue weighted by molar-refractivity contribution is 0.0847. The zero-order chi connectivity index (χ0) is 13.9. The Bertz CT molecular complexity index is 590. The first kappa shape index (κ1) is 12.9. The Morgan fingerprint density at radius 3 is 3.35 bits per heavy atom. The average Bonchev–Trinajstić information content (AvgIpc) is 3.03. The fraction of sp³-hybridized carbons (Fsp3) is 0.462. The monoisotopic (exact) mass is 275 g/mol. The third kappa shape index (κ3) is 2.57. The van der Waals surface area contributed by atoms with E-state index in [-0.39, 0.29) is 11.8 Å². The first-order chi connectivity index (χ1) is 9.74. The van der Waals surface area contributed by atoms with Crippen molar-refractivity contribution < 1.29 is 9.53 Å². The minimum absolute atomic E-state index is 0.103. The molecular weight excluding hydrogens is 258 g/mol. The molecule has 0 aliphatic carbocycles. The predicted octanol–water partition coefficient (Wildman–Crippen LogP) is 0.491. The van der Waals surface area contributed by atoms with Crippen LogP contribution in [0.2, 0.25) is 0 Å². The molecule has 0 saturated heterocycles. The van der Waals surface area contributed by atoms with Gasteiger partial charge in [-0.2, -0.15) is 0 Å². The Kier molecular flexibility index (Phi) is 3.51. The molecule has 0 radical (unpaired) electrons. The van der Waals surface area contributed by atoms with Gasteiger partial charge in [0, 0.05) is 25.2 Å². The van der Waals surface area contributed by atoms with Gasteiger partial charge in [-0.15, -0.1) is 5.10 Å². The Morgan fingerprint density at radius 2 is 2.55 bits per heavy atom. The van der Waals surface area contributed by atoms with Crippen molar-refractivity contribution in [3.63, 3.8) is 0 Å². The van der Waals surface area contributed by atoms with Gasteiger partial charge in [-0.05, 0) is 19.1 Å². The van der Waals surface area contributed by atoms with Gasteiger partial charge in [0.1, 0.15) is 5.69 Å². The Hall–Kier alpha value is -2.15. The maximum atomic E-state index is 11.9. The van der Waals surface area contributed by atoms with Gasteiger partial charge in [0.05, 0.1) is 24.6 Å². The van der Waals surface area contributed by atoms with Crippen LogP contribution in [0.5, 0.6) is 0 Å². The number of carbonyl (C=O) groups is 1. The number of H-pyrrole nitrogens is 1. The van der Waals surface area contributed by atoms with Crippen LogP contribution in [0.4, 0.5) is 0 Å². The molecule has 106 valence electrons. The molecule has 0 bridgehead atoms. The predicted molar refractivity (Wildman–Crippen MR) is 71.0 cm³/mol. The number of nitrogens with zero attached hydrogens (tertiary/aromatic N) is 3. The summed E-state index contributed by atoms with van der Waals surface area (Å²) in [6.07, 6.45) is 1.73. The highest BCUT2D eigenvalue weighted by molar-refractivity contribution is 5.92. The zero-order valence-electron chi connectivity index (χ0n) is 11.3. The fourth-order valence-corrected chi connectivity index (χ4v) is 2.29. The van der Waals surface area contributed by atoms with Gasteiger partial charge in [-0.25, -0.2) is 4.68 Å². The summed E-state index contributed by atoms with van der Waals surface area (Å²) in [4.78, 5) is 14.8. The van der Waals surface area contributed by atoms with Crippen molar-refractivity contribution in [2.45, 2.75) is 20.1 Å². The largest absolute Gasteiger partial charge is 0.375 e. The van der Waals surface area contributed by atoms with E-state index in [0.717, 1.165) is 11.4 Å². The third-order valence-corrected chi connectivity index (χ3v) is 3.45. The quantitative estimate of drug-likeness (QED) is 0.854. The third-order valence-electron chi connectivity index (χ3n) is 3.45. The summed E-state index contributed by atoms with van der Waals surface area (Å²) < 4.78 is 7.50. The van der Waals surface area contributed by atoms with Crippen molar-refractivity contribution >= 4 is 5.91 Å². The first-order valence-corrected chi connectivity index (χ1v) is 6.62. The SMILES string of the molecule is Cc1nnn2c1COC[C@H](CNC(=O)c1ccc[nH]1)C2. The molecular formula is C13H17N5O2. The van der Waals surface area contributed by atoms with E-state index in [4.69, 9.17) is 4.74 Å². The van der Waals surface area contributed by atoms with Crippen LogP contribution in [-0.4, -0.2) is 39.0 Å². The topological polar surface area (TPSA) is 84.8 Å². The summed E-state index contributed by atoms with van der Waals surface area (Å²) in [6, 6.07) is 3.55. The number of rotatable bonds is 3. The lowest BCUT2D eigenvalue weighted by atomic mass is 10.1. The standard InChI is InChI=1S/C13H17N5O2/c1-9-12-8-20-7-10(6-18(12)17-16-9)5-15-13(19)11-3-2-4-14-11/h2-4,10,14H,5-8H2,1H3,(H,15,19)/t10-/m1/s1. The first-order valence-electron chi connectivity index (χ1n) is 6.62. The molecule has 2 aromatic rings. The van der Waals surface area contributed by atoms with Crippen molar-refractivity contribution in [3.8, 4) is 0 Å². The molecule has 3 rings (SSSR count). The molecule has 0 aromatic carbocycles. The maximum absolute atomic E-state index is 11.9. The molecule has 0 fully saturated rings. The summed E-state index contributed by atoms with van der Waals surface area (Å²) >= 11 is 0. The lowest BCUT2D eigenvalue weighted by Gasteiger charge is -2.14. The van der Waals surface area contributed by atoms with Crippen LogP contribution in [0.15, 0.2) is 18.3 Å². The lowest BCUT2D eigenvalue weighted by Crippen LogP contribution is -2.33. The number of fused-ring (bicyclic) bond motifs is 1. The molecule has 1 aliphatic rings. The number of ether oxygens (including phenoxy) is 1. The van der Waals surface area contributed by atoms with Crippen LogP contribution in [-0.2, 0) is 17.9 Å². The van der Waals surface area contributed by atoms with Gasteiger partial charge in [-0.3, -0.25) is 4.79 Å². The van der Waals surface area contributed by atoms with Crippen molar-refractivity contribution in [3.05, 3.63) is 35.4 Å². The van der Waals surface area contributed by atoms with Crippen LogP contribution >= 0.6 is 0 Å². The molecule has 7 heteroatoms. The molecule has 20 heavy (non-hydrogen) atoms. The molecule has 0 unspecified atom stereocenters. The highest BCUT2D eigenvalue weighted by atomic mass is 16.5. The van der Waals surface area contributed by atoms with Crippen molar-refractivity contribution in [2.75, 3.05) is 13.2 Å². The normalized spacial score (nSPS) is 18.4. The summed E-state index contributed by atoms with van der Waals surface area (Å²) in [5.74, 6) is 0.0884. The Balaban J connectivity index is 1.60. The number of nitrogens with one attached hydrogen (secondary N) is 2. The molecule has 1 aliphatic heterocycles. The van der Waals surface area contributed by atoms with E-state index in [9.17, 15) is 4.79 Å². The number of hydrogen-bond acceptors (Lipinski definition) is 4. The summed E-state index contributed by atoms with van der Waals surface area (Å²) in [5.41, 5.74) is 2.49. The van der Waals surface area contributed by atoms with E-state index < -0.39 is 0 Å². The van der Waals surface area contributed by atoms with E-state index in [1.807, 2.05) is 11.6 Å². The summed E-state index contributed by atoms with van der Waals surface area (Å²) in [5, 5.41) is 11.1. The highest BCUT2D eigenvalue weighted by Gasteiger charge is 2.20. The second-order valence-electron chi connectivity index (χ2n) is 4.98. The van der Waals surface area contributed by atoms with Gasteiger partial charge >= 0.3 is 0 Å². The van der Waals surface area contributed by atoms with Crippen molar-refractivity contribution in [1.82, 2.24) is 25.3 Å². The number of aromatic amines is 1. The van der Waals surface area contributed by atoms with Gasteiger partial charge < -0.3 is 15.0 Å². The smallest absolute Gasteiger partial charge is 0.267 e. The van der Waals surface area contributed by atoms with Crippen molar-refractivity contribution in [2.24, 2.45) is 5.92 Å². The van der Waals surface area contributed by atoms with Crippen LogP contribution < -0.4 is 5.32 Å². The molecule has 2 aromatic heterocycles. The van der Waals surface area contributed by atoms with Crippen LogP contribution in [0.1, 0.15) is 21.9 Å². The van der Waals surface area contributed by atoms with Gasteiger partial charge in [0.25, 0.3) is 5.91 Å². The molecule has 0 spiro atoms. The minimum Gasteiger partial charge on any atom is -0.375 e. The molecule has 7 nitrogen and oxygen atoms in total. The molecule has 2 N–H and O–H groups in total. The van der Waals surface area contributed by atoms with Crippen molar-refractivity contribution in [1.29, 1.82) is 0 Å². The zero-order valence-corrected chi connectivity index (χ0v) is 11.3. The number of amides is 1. The van der Waals surface area contributed by atoms with E-state index in [0.29, 0.717) is 32.0 Å². The number of carbonyl (C=O) groups excluding carboxylic acids is 1. The minimum atomic E-state index is -0.103. The Labute approximate surface area is 116 Å². The second-order valence-corrected chi connectivity index (χ2v) is 4.98. The number of aromatic nitrogens is 4. The van der Waals surface area contributed by atoms with Crippen LogP contribution in [0.3, 0.4) is 0 Å². The van der Waals surface area contributed by atoms with E-state index in [1.165, 1.54) is 0 Å². The van der Waals surface area contributed by atoms with Crippen LogP contribution in [0.25, 0.3) is 0 Å². The van der Waals surface area contributed by atoms with Gasteiger partial charge in [0.15, 0.2) is 0 Å². The second kappa shape index (κ2) is 5.46. The Morgan fingerprint density at radius 1 is 1.65 bits per heavy atom. The van der Waals surface area contributed by atoms with Gasteiger partial charge in [0.2, 0.25) is 0 Å². The van der Waals surface area contributed by atoms with E-state index in [1.54, 1.807) is 18.3 Å². The molecule has 1 atom stereocenters. The maximum Gasteiger partial charge on any atom is 0.267 e. The summed E-state index contributed by atoms with van der Waals surface area (Å²) in [6.45, 7) is 4.32. The fourth-order valence-electron chi connectivity index (χ4n) is 2.29. The van der Waals surface area contributed by atoms with Gasteiger partial charge in [-0.1, -0.05) is 5.21 Å². The van der Waals surface area contributed by atoms with E-state index in [2.05, 4.69) is 20.6 Å². The van der Waals surface area contributed by atoms with Crippen LogP contribution in [0, 0.1) is 12.8 Å². The number of aryl methyl sites for hydroxylation is 1. The number of hydrogen-bond donors (Lipinski definition) is 2. The average molecular weight is 275 g/mol. The highest BCUT2D eigenvalue weighted by Crippen LogP contribution is 2.14. The molecule has 1 amide bonds.